The van der Waals surface area contributed by atoms with E-state index in [-0.39, 0.29) is 19.6 Å². The maximum Gasteiger partial charge on any atom is 0.417 e. The highest BCUT2D eigenvalue weighted by Crippen LogP contribution is 2.49. The molecule has 2 aromatic carbocycles. The monoisotopic (exact) mass is 354 g/mol. The summed E-state index contributed by atoms with van der Waals surface area (Å²) in [6.45, 7) is 7.61. The van der Waals surface area contributed by atoms with Crippen LogP contribution in [-0.4, -0.2) is 5.11 Å². The van der Waals surface area contributed by atoms with Crippen LogP contribution in [0.15, 0.2) is 36.4 Å². The van der Waals surface area contributed by atoms with Crippen LogP contribution in [0.3, 0.4) is 0 Å². The Morgan fingerprint density at radius 1 is 1.04 bits per heavy atom. The summed E-state index contributed by atoms with van der Waals surface area (Å²) in [5.74, 6) is 0.182. The third-order valence-corrected chi connectivity index (χ3v) is 6.27. The van der Waals surface area contributed by atoms with E-state index < -0.39 is 16.9 Å². The summed E-state index contributed by atoms with van der Waals surface area (Å²) in [6, 6.07) is 9.47. The lowest BCUT2D eigenvalue weighted by Gasteiger charge is -2.31. The highest BCUT2D eigenvalue weighted by Gasteiger charge is 2.36. The van der Waals surface area contributed by atoms with Gasteiger partial charge in [-0.25, -0.2) is 0 Å². The Bertz CT molecular complexity index is 740. The highest BCUT2D eigenvalue weighted by atomic mass is 31.1. The molecule has 130 valence electrons. The van der Waals surface area contributed by atoms with Gasteiger partial charge in [0.05, 0.1) is 5.56 Å². The summed E-state index contributed by atoms with van der Waals surface area (Å²) >= 11 is 0. The predicted molar refractivity (Wildman–Crippen MR) is 94.6 cm³/mol. The largest absolute Gasteiger partial charge is 0.507 e. The minimum atomic E-state index is -4.37. The molecule has 1 nitrogen and oxygen atoms in total. The van der Waals surface area contributed by atoms with Crippen LogP contribution in [0.1, 0.15) is 42.5 Å². The number of hydrogen-bond acceptors (Lipinski definition) is 1. The number of rotatable bonds is 4. The van der Waals surface area contributed by atoms with E-state index >= 15 is 0 Å². The molecule has 2 aromatic rings. The fourth-order valence-electron chi connectivity index (χ4n) is 2.86. The van der Waals surface area contributed by atoms with E-state index in [4.69, 9.17) is 0 Å². The summed E-state index contributed by atoms with van der Waals surface area (Å²) in [5, 5.41) is 10.2. The lowest BCUT2D eigenvalue weighted by Crippen LogP contribution is -2.23. The Morgan fingerprint density at radius 2 is 1.67 bits per heavy atom. The van der Waals surface area contributed by atoms with Gasteiger partial charge in [-0.3, -0.25) is 0 Å². The highest BCUT2D eigenvalue weighted by molar-refractivity contribution is 7.48. The van der Waals surface area contributed by atoms with Gasteiger partial charge in [-0.2, -0.15) is 13.2 Å². The number of benzene rings is 2. The van der Waals surface area contributed by atoms with E-state index in [1.807, 2.05) is 39.8 Å². The van der Waals surface area contributed by atoms with Crippen LogP contribution in [0.4, 0.5) is 13.2 Å². The van der Waals surface area contributed by atoms with E-state index in [1.54, 1.807) is 6.07 Å². The van der Waals surface area contributed by atoms with Crippen LogP contribution < -0.4 is 5.30 Å². The Kier molecular flexibility index (Phi) is 5.29. The lowest BCUT2D eigenvalue weighted by atomic mass is 9.93. The van der Waals surface area contributed by atoms with Gasteiger partial charge in [0.2, 0.25) is 0 Å². The van der Waals surface area contributed by atoms with Crippen molar-refractivity contribution in [2.75, 3.05) is 0 Å². The quantitative estimate of drug-likeness (QED) is 0.703. The zero-order chi connectivity index (χ0) is 18.1. The number of halogens is 3. The van der Waals surface area contributed by atoms with E-state index in [0.29, 0.717) is 6.42 Å². The summed E-state index contributed by atoms with van der Waals surface area (Å²) in [4.78, 5) is 0. The van der Waals surface area contributed by atoms with Crippen molar-refractivity contribution >= 4 is 13.9 Å². The third kappa shape index (κ3) is 3.75. The molecule has 0 aliphatic heterocycles. The topological polar surface area (TPSA) is 20.2 Å². The van der Waals surface area contributed by atoms with Crippen molar-refractivity contribution in [3.63, 3.8) is 0 Å². The number of aromatic hydroxyl groups is 1. The number of aryl methyl sites for hydroxylation is 2. The summed E-state index contributed by atoms with van der Waals surface area (Å²) in [7, 11) is -0.0925. The van der Waals surface area contributed by atoms with Gasteiger partial charge >= 0.3 is 6.18 Å². The molecule has 5 heteroatoms. The minimum Gasteiger partial charge on any atom is -0.507 e. The second-order valence-corrected chi connectivity index (χ2v) is 8.22. The first kappa shape index (κ1) is 18.8. The van der Waals surface area contributed by atoms with Crippen LogP contribution in [0.2, 0.25) is 0 Å². The van der Waals surface area contributed by atoms with Gasteiger partial charge in [-0.05, 0) is 37.2 Å². The maximum absolute atomic E-state index is 13.3. The van der Waals surface area contributed by atoms with Crippen molar-refractivity contribution in [1.82, 2.24) is 0 Å². The second kappa shape index (κ2) is 6.76. The molecule has 0 amide bonds. The number of phenolic OH excluding ortho intramolecular Hbond substituents is 1. The molecular formula is C19H22F3OP. The van der Waals surface area contributed by atoms with Crippen molar-refractivity contribution in [2.45, 2.75) is 45.4 Å². The average Bonchev–Trinajstić information content (AvgIpc) is 2.50. The number of phenols is 1. The second-order valence-electron chi connectivity index (χ2n) is 6.33. The molecule has 24 heavy (non-hydrogen) atoms. The number of hydrogen-bond donors (Lipinski definition) is 1. The van der Waals surface area contributed by atoms with Crippen LogP contribution in [0, 0.1) is 13.8 Å². The van der Waals surface area contributed by atoms with Crippen LogP contribution in [0.25, 0.3) is 0 Å². The molecule has 0 saturated heterocycles. The zero-order valence-corrected chi connectivity index (χ0v) is 15.3. The molecular weight excluding hydrogens is 332 g/mol. The molecule has 2 unspecified atom stereocenters. The molecule has 0 fully saturated rings. The van der Waals surface area contributed by atoms with Crippen LogP contribution in [-0.2, 0) is 11.3 Å². The molecule has 0 radical (unpaired) electrons. The van der Waals surface area contributed by atoms with Gasteiger partial charge in [0.1, 0.15) is 5.75 Å². The van der Waals surface area contributed by atoms with Gasteiger partial charge in [-0.1, -0.05) is 58.3 Å². The normalized spacial score (nSPS) is 15.0. The smallest absolute Gasteiger partial charge is 0.417 e. The molecule has 1 N–H and O–H groups in total. The maximum atomic E-state index is 13.3. The van der Waals surface area contributed by atoms with Crippen molar-refractivity contribution < 1.29 is 18.3 Å². The SMILES string of the molecule is CCC(C)(Pc1ccccc1C(F)(F)F)c1cc(C)cc(C)c1O. The molecule has 0 aliphatic rings. The van der Waals surface area contributed by atoms with Crippen LogP contribution in [0.5, 0.6) is 5.75 Å². The van der Waals surface area contributed by atoms with Gasteiger partial charge in [-0.15, -0.1) is 0 Å². The first-order valence-electron chi connectivity index (χ1n) is 7.83. The van der Waals surface area contributed by atoms with Crippen LogP contribution >= 0.6 is 8.58 Å². The molecule has 0 saturated carbocycles. The van der Waals surface area contributed by atoms with E-state index in [1.165, 1.54) is 12.1 Å². The Balaban J connectivity index is 2.54. The fourth-order valence-corrected chi connectivity index (χ4v) is 4.50. The molecule has 2 atom stereocenters. The molecule has 0 aliphatic carbocycles. The minimum absolute atomic E-state index is 0.0925. The number of alkyl halides is 3. The summed E-state index contributed by atoms with van der Waals surface area (Å²) < 4.78 is 39.9. The van der Waals surface area contributed by atoms with Gasteiger partial charge < -0.3 is 5.11 Å². The Morgan fingerprint density at radius 3 is 2.25 bits per heavy atom. The van der Waals surface area contributed by atoms with Gasteiger partial charge in [0.15, 0.2) is 0 Å². The zero-order valence-electron chi connectivity index (χ0n) is 14.3. The third-order valence-electron chi connectivity index (χ3n) is 4.39. The molecule has 0 aromatic heterocycles. The van der Waals surface area contributed by atoms with E-state index in [2.05, 4.69) is 0 Å². The predicted octanol–water partition coefficient (Wildman–Crippen LogP) is 5.66. The van der Waals surface area contributed by atoms with Gasteiger partial charge in [0.25, 0.3) is 0 Å². The van der Waals surface area contributed by atoms with Crippen molar-refractivity contribution in [2.24, 2.45) is 0 Å². The van der Waals surface area contributed by atoms with Crippen molar-refractivity contribution in [1.29, 1.82) is 0 Å². The first-order valence-corrected chi connectivity index (χ1v) is 8.83. The Labute approximate surface area is 142 Å². The lowest BCUT2D eigenvalue weighted by molar-refractivity contribution is -0.136. The fraction of sp³-hybridized carbons (Fsp3) is 0.368. The van der Waals surface area contributed by atoms with E-state index in [9.17, 15) is 18.3 Å². The van der Waals surface area contributed by atoms with Crippen molar-refractivity contribution in [3.05, 3.63) is 58.7 Å². The molecule has 2 rings (SSSR count). The summed E-state index contributed by atoms with van der Waals surface area (Å²) in [5.41, 5.74) is 1.87. The molecule has 0 bridgehead atoms. The standard InChI is InChI=1S/C19H22F3OP/c1-5-18(4,15-11-12(2)10-13(3)17(15)23)24-16-9-7-6-8-14(16)19(20,21)22/h6-11,23-24H,5H2,1-4H3. The Hall–Kier alpha value is -1.54. The molecule has 0 spiro atoms. The molecule has 0 heterocycles. The first-order chi connectivity index (χ1) is 11.1. The summed E-state index contributed by atoms with van der Waals surface area (Å²) in [6.07, 6.45) is -3.74. The average molecular weight is 354 g/mol. The van der Waals surface area contributed by atoms with Crippen molar-refractivity contribution in [3.8, 4) is 5.75 Å². The van der Waals surface area contributed by atoms with E-state index in [0.717, 1.165) is 22.8 Å². The van der Waals surface area contributed by atoms with Gasteiger partial charge in [0, 0.05) is 10.7 Å².